The first-order valence-corrected chi connectivity index (χ1v) is 5.38. The van der Waals surface area contributed by atoms with E-state index in [9.17, 15) is 8.78 Å². The van der Waals surface area contributed by atoms with Gasteiger partial charge in [0.25, 0.3) is 6.43 Å². The van der Waals surface area contributed by atoms with E-state index in [1.165, 1.54) is 0 Å². The lowest BCUT2D eigenvalue weighted by atomic mass is 10.1. The Kier molecular flexibility index (Phi) is 7.99. The van der Waals surface area contributed by atoms with Crippen LogP contribution in [0.15, 0.2) is 0 Å². The molecule has 0 aliphatic carbocycles. The zero-order valence-corrected chi connectivity index (χ0v) is 9.39. The van der Waals surface area contributed by atoms with Gasteiger partial charge in [-0.05, 0) is 26.4 Å². The van der Waals surface area contributed by atoms with Crippen molar-refractivity contribution in [3.63, 3.8) is 0 Å². The minimum absolute atomic E-state index is 0.168. The van der Waals surface area contributed by atoms with E-state index in [0.29, 0.717) is 0 Å². The molecular formula is C10H22F2N2. The number of nitrogens with zero attached hydrogens (tertiary/aromatic N) is 1. The van der Waals surface area contributed by atoms with Crippen molar-refractivity contribution in [3.05, 3.63) is 0 Å². The van der Waals surface area contributed by atoms with E-state index >= 15 is 0 Å². The molecule has 0 aromatic rings. The Morgan fingerprint density at radius 2 is 2.07 bits per heavy atom. The normalized spacial score (nSPS) is 23.1. The summed E-state index contributed by atoms with van der Waals surface area (Å²) in [6, 6.07) is 0.262. The molecule has 0 aromatic carbocycles. The number of alkyl halides is 2. The highest BCUT2D eigenvalue weighted by Gasteiger charge is 2.17. The van der Waals surface area contributed by atoms with Gasteiger partial charge in [-0.1, -0.05) is 13.8 Å². The molecule has 1 fully saturated rings. The minimum Gasteiger partial charge on any atom is -0.307 e. The van der Waals surface area contributed by atoms with Crippen LogP contribution >= 0.6 is 0 Å². The topological polar surface area (TPSA) is 15.3 Å². The molecule has 0 radical (unpaired) electrons. The third-order valence-electron chi connectivity index (χ3n) is 2.19. The van der Waals surface area contributed by atoms with Crippen molar-refractivity contribution < 1.29 is 8.78 Å². The number of hydrogen-bond acceptors (Lipinski definition) is 2. The molecule has 1 saturated heterocycles. The molecule has 0 bridgehead atoms. The third-order valence-corrected chi connectivity index (χ3v) is 2.19. The SMILES string of the molecule is CC.CN1CCCC(NCC(F)F)C1. The Bertz CT molecular complexity index is 131. The Hall–Kier alpha value is -0.220. The van der Waals surface area contributed by atoms with Crippen molar-refractivity contribution in [2.45, 2.75) is 39.2 Å². The number of hydrogen-bond donors (Lipinski definition) is 1. The summed E-state index contributed by atoms with van der Waals surface area (Å²) >= 11 is 0. The van der Waals surface area contributed by atoms with E-state index in [0.717, 1.165) is 25.9 Å². The van der Waals surface area contributed by atoms with E-state index in [1.807, 2.05) is 20.9 Å². The number of likely N-dealkylation sites (N-methyl/N-ethyl adjacent to an activating group) is 1. The van der Waals surface area contributed by atoms with Gasteiger partial charge in [-0.25, -0.2) is 8.78 Å². The van der Waals surface area contributed by atoms with Crippen LogP contribution in [-0.4, -0.2) is 44.0 Å². The molecule has 1 rings (SSSR count). The molecule has 1 unspecified atom stereocenters. The van der Waals surface area contributed by atoms with Gasteiger partial charge in [-0.15, -0.1) is 0 Å². The number of rotatable bonds is 3. The Morgan fingerprint density at radius 3 is 2.57 bits per heavy atom. The van der Waals surface area contributed by atoms with Crippen LogP contribution in [0.1, 0.15) is 26.7 Å². The zero-order valence-electron chi connectivity index (χ0n) is 9.39. The van der Waals surface area contributed by atoms with Gasteiger partial charge in [0.15, 0.2) is 0 Å². The first-order chi connectivity index (χ1) is 6.68. The maximum absolute atomic E-state index is 11.8. The smallest absolute Gasteiger partial charge is 0.250 e. The van der Waals surface area contributed by atoms with Gasteiger partial charge in [0, 0.05) is 12.6 Å². The van der Waals surface area contributed by atoms with Gasteiger partial charge < -0.3 is 10.2 Å². The molecule has 0 amide bonds. The zero-order chi connectivity index (χ0) is 11.0. The van der Waals surface area contributed by atoms with Crippen molar-refractivity contribution in [2.75, 3.05) is 26.7 Å². The molecule has 1 heterocycles. The van der Waals surface area contributed by atoms with E-state index < -0.39 is 6.43 Å². The summed E-state index contributed by atoms with van der Waals surface area (Å²) in [6.45, 7) is 5.82. The second-order valence-corrected chi connectivity index (χ2v) is 3.40. The molecule has 1 atom stereocenters. The fourth-order valence-corrected chi connectivity index (χ4v) is 1.59. The predicted octanol–water partition coefficient (Wildman–Crippen LogP) is 1.96. The van der Waals surface area contributed by atoms with E-state index in [-0.39, 0.29) is 12.6 Å². The summed E-state index contributed by atoms with van der Waals surface area (Å²) in [6.07, 6.45) is -0.0914. The van der Waals surface area contributed by atoms with Crippen molar-refractivity contribution in [1.29, 1.82) is 0 Å². The van der Waals surface area contributed by atoms with Crippen LogP contribution in [0, 0.1) is 0 Å². The van der Waals surface area contributed by atoms with Gasteiger partial charge >= 0.3 is 0 Å². The van der Waals surface area contributed by atoms with Crippen LogP contribution < -0.4 is 5.32 Å². The van der Waals surface area contributed by atoms with E-state index in [1.54, 1.807) is 0 Å². The molecule has 1 aliphatic rings. The Morgan fingerprint density at radius 1 is 1.43 bits per heavy atom. The quantitative estimate of drug-likeness (QED) is 0.762. The third kappa shape index (κ3) is 6.27. The highest BCUT2D eigenvalue weighted by molar-refractivity contribution is 4.76. The second kappa shape index (κ2) is 8.12. The first-order valence-electron chi connectivity index (χ1n) is 5.38. The van der Waals surface area contributed by atoms with Crippen LogP contribution in [0.2, 0.25) is 0 Å². The Labute approximate surface area is 85.7 Å². The van der Waals surface area contributed by atoms with Gasteiger partial charge in [-0.3, -0.25) is 0 Å². The first kappa shape index (κ1) is 13.8. The lowest BCUT2D eigenvalue weighted by Gasteiger charge is -2.30. The fourth-order valence-electron chi connectivity index (χ4n) is 1.59. The number of piperidine rings is 1. The summed E-state index contributed by atoms with van der Waals surface area (Å²) in [7, 11) is 2.02. The molecule has 0 spiro atoms. The summed E-state index contributed by atoms with van der Waals surface area (Å²) in [5, 5.41) is 2.86. The minimum atomic E-state index is -2.22. The summed E-state index contributed by atoms with van der Waals surface area (Å²) in [5.41, 5.74) is 0. The summed E-state index contributed by atoms with van der Waals surface area (Å²) < 4.78 is 23.6. The molecule has 14 heavy (non-hydrogen) atoms. The number of nitrogens with one attached hydrogen (secondary N) is 1. The summed E-state index contributed by atoms with van der Waals surface area (Å²) in [4.78, 5) is 2.17. The second-order valence-electron chi connectivity index (χ2n) is 3.40. The van der Waals surface area contributed by atoms with Gasteiger partial charge in [0.05, 0.1) is 6.54 Å². The van der Waals surface area contributed by atoms with Gasteiger partial charge in [0.1, 0.15) is 0 Å². The molecule has 1 N–H and O–H groups in total. The van der Waals surface area contributed by atoms with Crippen molar-refractivity contribution in [1.82, 2.24) is 10.2 Å². The highest BCUT2D eigenvalue weighted by atomic mass is 19.3. The van der Waals surface area contributed by atoms with E-state index in [2.05, 4.69) is 10.2 Å². The molecule has 0 saturated carbocycles. The highest BCUT2D eigenvalue weighted by Crippen LogP contribution is 2.07. The largest absolute Gasteiger partial charge is 0.307 e. The Balaban J connectivity index is 0.000000791. The van der Waals surface area contributed by atoms with Crippen molar-refractivity contribution >= 4 is 0 Å². The average Bonchev–Trinajstić information content (AvgIpc) is 2.18. The number of halogens is 2. The molecule has 0 aromatic heterocycles. The van der Waals surface area contributed by atoms with E-state index in [4.69, 9.17) is 0 Å². The average molecular weight is 208 g/mol. The van der Waals surface area contributed by atoms with Gasteiger partial charge in [-0.2, -0.15) is 0 Å². The molecule has 1 aliphatic heterocycles. The van der Waals surface area contributed by atoms with Crippen LogP contribution in [0.25, 0.3) is 0 Å². The van der Waals surface area contributed by atoms with Gasteiger partial charge in [0.2, 0.25) is 0 Å². The van der Waals surface area contributed by atoms with Crippen LogP contribution in [0.5, 0.6) is 0 Å². The predicted molar refractivity (Wildman–Crippen MR) is 55.9 cm³/mol. The van der Waals surface area contributed by atoms with Crippen molar-refractivity contribution in [2.24, 2.45) is 0 Å². The van der Waals surface area contributed by atoms with Crippen LogP contribution in [0.4, 0.5) is 8.78 Å². The number of likely N-dealkylation sites (tertiary alicyclic amines) is 1. The molecular weight excluding hydrogens is 186 g/mol. The lowest BCUT2D eigenvalue weighted by molar-refractivity contribution is 0.131. The standard InChI is InChI=1S/C8H16F2N2.C2H6/c1-12-4-2-3-7(6-12)11-5-8(9)10;1-2/h7-8,11H,2-6H2,1H3;1-2H3. The fraction of sp³-hybridized carbons (Fsp3) is 1.00. The van der Waals surface area contributed by atoms with Crippen LogP contribution in [0.3, 0.4) is 0 Å². The maximum Gasteiger partial charge on any atom is 0.250 e. The maximum atomic E-state index is 11.8. The molecule has 2 nitrogen and oxygen atoms in total. The molecule has 4 heteroatoms. The molecule has 86 valence electrons. The summed E-state index contributed by atoms with van der Waals surface area (Å²) in [5.74, 6) is 0. The monoisotopic (exact) mass is 208 g/mol. The lowest BCUT2D eigenvalue weighted by Crippen LogP contribution is -2.45. The van der Waals surface area contributed by atoms with Crippen molar-refractivity contribution in [3.8, 4) is 0 Å². The van der Waals surface area contributed by atoms with Crippen LogP contribution in [-0.2, 0) is 0 Å².